The Morgan fingerprint density at radius 1 is 1.00 bits per heavy atom. The molecule has 1 aliphatic rings. The summed E-state index contributed by atoms with van der Waals surface area (Å²) in [7, 11) is 0. The third-order valence-corrected chi connectivity index (χ3v) is 4.56. The van der Waals surface area contributed by atoms with Crippen LogP contribution in [0.3, 0.4) is 0 Å². The van der Waals surface area contributed by atoms with Gasteiger partial charge in [0, 0.05) is 11.1 Å². The van der Waals surface area contributed by atoms with Gasteiger partial charge in [0.1, 0.15) is 5.82 Å². The van der Waals surface area contributed by atoms with Gasteiger partial charge in [-0.05, 0) is 29.7 Å². The number of alkyl halides is 1. The minimum atomic E-state index is -0.133. The van der Waals surface area contributed by atoms with Gasteiger partial charge in [-0.3, -0.25) is 0 Å². The number of hydrogen-bond acceptors (Lipinski definition) is 0. The van der Waals surface area contributed by atoms with E-state index < -0.39 is 0 Å². The van der Waals surface area contributed by atoms with Crippen LogP contribution in [0, 0.1) is 5.82 Å². The first-order valence-electron chi connectivity index (χ1n) is 5.27. The van der Waals surface area contributed by atoms with Crippen molar-refractivity contribution >= 4 is 0 Å². The van der Waals surface area contributed by atoms with Gasteiger partial charge in [-0.15, -0.1) is 0 Å². The zero-order valence-electron chi connectivity index (χ0n) is 8.61. The molecule has 0 bridgehead atoms. The lowest BCUT2D eigenvalue weighted by Crippen LogP contribution is -3.35. The standard InChI is InChI=1S/C14H11FI/c15-11-6-5-10-7-9-3-1-2-4-12(9)14(16)13(10)8-11/h1-6,8,14,16H,7H2/q+1. The first-order chi connectivity index (χ1) is 7.75. The predicted octanol–water partition coefficient (Wildman–Crippen LogP) is 0.105. The van der Waals surface area contributed by atoms with Gasteiger partial charge in [0.05, 0.1) is 0 Å². The summed E-state index contributed by atoms with van der Waals surface area (Å²) in [4.78, 5) is 0. The van der Waals surface area contributed by atoms with Crippen LogP contribution in [-0.2, 0) is 6.42 Å². The van der Waals surface area contributed by atoms with Gasteiger partial charge in [0.15, 0.2) is 0 Å². The lowest BCUT2D eigenvalue weighted by molar-refractivity contribution is -0.412. The van der Waals surface area contributed by atoms with E-state index in [1.54, 1.807) is 12.1 Å². The Bertz CT molecular complexity index is 548. The summed E-state index contributed by atoms with van der Waals surface area (Å²) < 4.78 is 13.6. The van der Waals surface area contributed by atoms with Gasteiger partial charge in [-0.1, -0.05) is 30.3 Å². The van der Waals surface area contributed by atoms with Crippen molar-refractivity contribution in [3.63, 3.8) is 0 Å². The van der Waals surface area contributed by atoms with Gasteiger partial charge in [0.25, 0.3) is 22.6 Å². The molecule has 0 fully saturated rings. The number of halogens is 2. The molecule has 0 saturated carbocycles. The van der Waals surface area contributed by atoms with Gasteiger partial charge in [-0.2, -0.15) is 0 Å². The SMILES string of the molecule is Fc1ccc2c(c1)C([IH+])c1ccccc1C2. The van der Waals surface area contributed by atoms with E-state index >= 15 is 0 Å². The topological polar surface area (TPSA) is 0 Å². The number of benzene rings is 2. The molecule has 1 aliphatic carbocycles. The van der Waals surface area contributed by atoms with Gasteiger partial charge < -0.3 is 0 Å². The molecule has 0 aromatic heterocycles. The molecule has 16 heavy (non-hydrogen) atoms. The Morgan fingerprint density at radius 3 is 2.62 bits per heavy atom. The second-order valence-corrected chi connectivity index (χ2v) is 5.44. The highest BCUT2D eigenvalue weighted by molar-refractivity contribution is 5.47. The summed E-state index contributed by atoms with van der Waals surface area (Å²) in [5.41, 5.74) is 5.11. The highest BCUT2D eigenvalue weighted by Gasteiger charge is 2.28. The van der Waals surface area contributed by atoms with Crippen molar-refractivity contribution in [2.75, 3.05) is 0 Å². The first-order valence-corrected chi connectivity index (χ1v) is 6.62. The molecule has 0 aliphatic heterocycles. The lowest BCUT2D eigenvalue weighted by Gasteiger charge is -2.20. The maximum absolute atomic E-state index is 13.2. The van der Waals surface area contributed by atoms with E-state index in [1.807, 2.05) is 6.07 Å². The zero-order chi connectivity index (χ0) is 11.1. The molecule has 2 heteroatoms. The highest BCUT2D eigenvalue weighted by Crippen LogP contribution is 2.31. The molecule has 2 aromatic carbocycles. The molecule has 0 saturated heterocycles. The second-order valence-electron chi connectivity index (χ2n) is 4.10. The van der Waals surface area contributed by atoms with Gasteiger partial charge in [-0.25, -0.2) is 4.39 Å². The monoisotopic (exact) mass is 325 g/mol. The minimum Gasteiger partial charge on any atom is -0.207 e. The van der Waals surface area contributed by atoms with Crippen LogP contribution in [0.2, 0.25) is 0 Å². The quantitative estimate of drug-likeness (QED) is 0.476. The highest BCUT2D eigenvalue weighted by atomic mass is 127. The molecule has 3 rings (SSSR count). The van der Waals surface area contributed by atoms with Crippen LogP contribution in [-0.4, -0.2) is 0 Å². The fourth-order valence-corrected chi connectivity index (χ4v) is 3.58. The van der Waals surface area contributed by atoms with Crippen molar-refractivity contribution in [1.82, 2.24) is 0 Å². The van der Waals surface area contributed by atoms with Crippen molar-refractivity contribution in [3.05, 3.63) is 70.5 Å². The largest absolute Gasteiger partial charge is 0.266 e. The fraction of sp³-hybridized carbons (Fsp3) is 0.143. The smallest absolute Gasteiger partial charge is 0.207 e. The molecule has 0 heterocycles. The summed E-state index contributed by atoms with van der Waals surface area (Å²) in [6, 6.07) is 13.6. The Morgan fingerprint density at radius 2 is 1.75 bits per heavy atom. The predicted molar refractivity (Wildman–Crippen MR) is 58.9 cm³/mol. The maximum Gasteiger partial charge on any atom is 0.266 e. The second kappa shape index (κ2) is 3.84. The van der Waals surface area contributed by atoms with Crippen LogP contribution < -0.4 is 22.6 Å². The number of fused-ring (bicyclic) bond motifs is 2. The fourth-order valence-electron chi connectivity index (χ4n) is 2.29. The van der Waals surface area contributed by atoms with Crippen LogP contribution >= 0.6 is 0 Å². The van der Waals surface area contributed by atoms with Crippen LogP contribution in [0.25, 0.3) is 0 Å². The molecule has 1 atom stereocenters. The average molecular weight is 325 g/mol. The molecule has 0 N–H and O–H groups in total. The Hall–Kier alpha value is -0.900. The van der Waals surface area contributed by atoms with Crippen LogP contribution in [0.5, 0.6) is 0 Å². The van der Waals surface area contributed by atoms with Crippen molar-refractivity contribution < 1.29 is 27.0 Å². The van der Waals surface area contributed by atoms with E-state index in [0.717, 1.165) is 12.0 Å². The van der Waals surface area contributed by atoms with Crippen molar-refractivity contribution in [3.8, 4) is 0 Å². The lowest BCUT2D eigenvalue weighted by atomic mass is 9.86. The molecule has 0 spiro atoms. The van der Waals surface area contributed by atoms with E-state index in [-0.39, 0.29) is 5.82 Å². The summed E-state index contributed by atoms with van der Waals surface area (Å²) in [6.45, 7) is 0. The molecule has 0 nitrogen and oxygen atoms in total. The molecule has 2 aromatic rings. The van der Waals surface area contributed by atoms with Gasteiger partial charge >= 0.3 is 0 Å². The number of rotatable bonds is 0. The summed E-state index contributed by atoms with van der Waals surface area (Å²) >= 11 is 2.07. The van der Waals surface area contributed by atoms with Crippen molar-refractivity contribution in [2.24, 2.45) is 0 Å². The van der Waals surface area contributed by atoms with Crippen LogP contribution in [0.15, 0.2) is 42.5 Å². The van der Waals surface area contributed by atoms with Gasteiger partial charge in [0.2, 0.25) is 3.92 Å². The van der Waals surface area contributed by atoms with E-state index in [9.17, 15) is 4.39 Å². The van der Waals surface area contributed by atoms with E-state index in [2.05, 4.69) is 46.9 Å². The Balaban J connectivity index is 2.19. The first kappa shape index (κ1) is 10.3. The Kier molecular flexibility index (Phi) is 2.46. The zero-order valence-corrected chi connectivity index (χ0v) is 10.9. The molecular weight excluding hydrogens is 314 g/mol. The molecule has 0 radical (unpaired) electrons. The average Bonchev–Trinajstić information content (AvgIpc) is 2.31. The molecular formula is C14H11FI+. The minimum absolute atomic E-state index is 0.133. The van der Waals surface area contributed by atoms with Crippen LogP contribution in [0.4, 0.5) is 4.39 Å². The van der Waals surface area contributed by atoms with E-state index in [0.29, 0.717) is 3.92 Å². The van der Waals surface area contributed by atoms with Crippen molar-refractivity contribution in [1.29, 1.82) is 0 Å². The van der Waals surface area contributed by atoms with Crippen molar-refractivity contribution in [2.45, 2.75) is 10.3 Å². The molecule has 0 amide bonds. The Labute approximate surface area is 108 Å². The summed E-state index contributed by atoms with van der Waals surface area (Å²) in [6.07, 6.45) is 0.928. The molecule has 1 unspecified atom stereocenters. The third-order valence-electron chi connectivity index (χ3n) is 3.11. The molecule has 80 valence electrons. The maximum atomic E-state index is 13.2. The van der Waals surface area contributed by atoms with E-state index in [4.69, 9.17) is 0 Å². The summed E-state index contributed by atoms with van der Waals surface area (Å²) in [5.74, 6) is -0.133. The number of hydrogen-bond donors (Lipinski definition) is 0. The van der Waals surface area contributed by atoms with E-state index in [1.165, 1.54) is 16.7 Å². The summed E-state index contributed by atoms with van der Waals surface area (Å²) in [5, 5.41) is 0. The third kappa shape index (κ3) is 1.56. The van der Waals surface area contributed by atoms with Crippen LogP contribution in [0.1, 0.15) is 26.2 Å². The normalized spacial score (nSPS) is 17.8.